The summed E-state index contributed by atoms with van der Waals surface area (Å²) >= 11 is 0. The van der Waals surface area contributed by atoms with Gasteiger partial charge in [0.05, 0.1) is 11.9 Å². The highest BCUT2D eigenvalue weighted by atomic mass is 16.3. The summed E-state index contributed by atoms with van der Waals surface area (Å²) in [7, 11) is 0. The molecule has 22 heavy (non-hydrogen) atoms. The zero-order valence-corrected chi connectivity index (χ0v) is 13.8. The van der Waals surface area contributed by atoms with Gasteiger partial charge in [0, 0.05) is 12.5 Å². The Hall–Kier alpha value is -0.800. The van der Waals surface area contributed by atoms with E-state index in [1.54, 1.807) is 0 Å². The average molecular weight is 303 g/mol. The summed E-state index contributed by atoms with van der Waals surface area (Å²) in [4.78, 5) is 0. The third kappa shape index (κ3) is 1.75. The normalized spacial score (nSPS) is 53.9. The molecular formula is C19H29NO2. The van der Waals surface area contributed by atoms with Gasteiger partial charge in [-0.3, -0.25) is 0 Å². The summed E-state index contributed by atoms with van der Waals surface area (Å²) in [5, 5.41) is 20.8. The topological polar surface area (TPSA) is 66.5 Å². The van der Waals surface area contributed by atoms with E-state index in [1.165, 1.54) is 12.0 Å². The fourth-order valence-corrected chi connectivity index (χ4v) is 6.17. The molecule has 2 saturated carbocycles. The molecule has 4 N–H and O–H groups in total. The van der Waals surface area contributed by atoms with Gasteiger partial charge in [0.25, 0.3) is 0 Å². The molecule has 122 valence electrons. The van der Waals surface area contributed by atoms with E-state index in [0.29, 0.717) is 23.5 Å². The first kappa shape index (κ1) is 14.8. The molecule has 0 heterocycles. The fourth-order valence-electron chi connectivity index (χ4n) is 6.17. The minimum absolute atomic E-state index is 0.0921. The van der Waals surface area contributed by atoms with Crippen molar-refractivity contribution in [1.82, 2.24) is 0 Å². The van der Waals surface area contributed by atoms with Gasteiger partial charge in [-0.2, -0.15) is 0 Å². The Kier molecular flexibility index (Phi) is 3.09. The Morgan fingerprint density at radius 3 is 2.73 bits per heavy atom. The third-order valence-electron chi connectivity index (χ3n) is 7.74. The number of hydrogen-bond acceptors (Lipinski definition) is 3. The maximum atomic E-state index is 10.8. The molecule has 7 atom stereocenters. The first-order valence-corrected chi connectivity index (χ1v) is 8.91. The number of aliphatic hydroxyl groups excluding tert-OH is 2. The molecule has 3 heteroatoms. The van der Waals surface area contributed by atoms with E-state index in [1.807, 2.05) is 6.08 Å². The van der Waals surface area contributed by atoms with Crippen molar-refractivity contribution in [1.29, 1.82) is 0 Å². The van der Waals surface area contributed by atoms with Crippen molar-refractivity contribution in [2.24, 2.45) is 34.3 Å². The van der Waals surface area contributed by atoms with Crippen LogP contribution in [0.5, 0.6) is 0 Å². The van der Waals surface area contributed by atoms with Gasteiger partial charge in [-0.1, -0.05) is 26.0 Å². The summed E-state index contributed by atoms with van der Waals surface area (Å²) in [6.07, 6.45) is 9.88. The van der Waals surface area contributed by atoms with Gasteiger partial charge in [0.1, 0.15) is 0 Å². The molecule has 0 aromatic heterocycles. The van der Waals surface area contributed by atoms with Crippen molar-refractivity contribution in [3.8, 4) is 0 Å². The smallest absolute Gasteiger partial charge is 0.0923 e. The van der Waals surface area contributed by atoms with Crippen molar-refractivity contribution < 1.29 is 10.2 Å². The molecule has 4 aliphatic rings. The fraction of sp³-hybridized carbons (Fsp3) is 0.789. The second-order valence-electron chi connectivity index (χ2n) is 8.66. The molecule has 2 fully saturated rings. The molecule has 0 aliphatic heterocycles. The van der Waals surface area contributed by atoms with Gasteiger partial charge >= 0.3 is 0 Å². The van der Waals surface area contributed by atoms with Crippen LogP contribution in [0.15, 0.2) is 23.5 Å². The maximum absolute atomic E-state index is 10.8. The molecule has 0 aromatic carbocycles. The van der Waals surface area contributed by atoms with Crippen LogP contribution in [0.2, 0.25) is 0 Å². The van der Waals surface area contributed by atoms with Gasteiger partial charge in [-0.25, -0.2) is 0 Å². The molecule has 4 aliphatic carbocycles. The Bertz CT molecular complexity index is 554. The second kappa shape index (κ2) is 4.61. The molecule has 0 bridgehead atoms. The molecule has 0 aromatic rings. The zero-order valence-electron chi connectivity index (χ0n) is 13.8. The minimum Gasteiger partial charge on any atom is -0.512 e. The predicted molar refractivity (Wildman–Crippen MR) is 87.2 cm³/mol. The molecular weight excluding hydrogens is 274 g/mol. The van der Waals surface area contributed by atoms with Crippen molar-refractivity contribution in [2.45, 2.75) is 64.5 Å². The number of nitrogens with two attached hydrogens (primary N) is 1. The number of rotatable bonds is 0. The highest BCUT2D eigenvalue weighted by molar-refractivity contribution is 5.33. The standard InChI is InChI=1S/C19H29NO2/c1-18-7-5-12(21)9-11(18)10-15(22)17-13-3-4-16(20)19(13,2)8-6-14(17)18/h5,7,11-14,16,21-22H,3-4,6,8-10,20H2,1-2H3/t11?,12-,13-,14-,16-,18-,19-/m0/s1. The van der Waals surface area contributed by atoms with E-state index in [-0.39, 0.29) is 23.0 Å². The van der Waals surface area contributed by atoms with E-state index in [4.69, 9.17) is 5.73 Å². The van der Waals surface area contributed by atoms with Crippen LogP contribution in [0, 0.1) is 28.6 Å². The summed E-state index contributed by atoms with van der Waals surface area (Å²) < 4.78 is 0. The van der Waals surface area contributed by atoms with Gasteiger partial charge < -0.3 is 15.9 Å². The van der Waals surface area contributed by atoms with Crippen molar-refractivity contribution in [2.75, 3.05) is 0 Å². The molecule has 0 radical (unpaired) electrons. The lowest BCUT2D eigenvalue weighted by molar-refractivity contribution is 0.0216. The lowest BCUT2D eigenvalue weighted by atomic mass is 9.49. The molecule has 0 spiro atoms. The molecule has 0 saturated heterocycles. The Labute approximate surface area is 133 Å². The number of fused-ring (bicyclic) bond motifs is 5. The van der Waals surface area contributed by atoms with Crippen molar-refractivity contribution >= 4 is 0 Å². The van der Waals surface area contributed by atoms with Gasteiger partial charge in [-0.05, 0) is 66.3 Å². The minimum atomic E-state index is -0.346. The summed E-state index contributed by atoms with van der Waals surface area (Å²) in [6.45, 7) is 4.68. The summed E-state index contributed by atoms with van der Waals surface area (Å²) in [5.41, 5.74) is 8.00. The molecule has 3 nitrogen and oxygen atoms in total. The van der Waals surface area contributed by atoms with E-state index in [0.717, 1.165) is 32.1 Å². The van der Waals surface area contributed by atoms with Crippen LogP contribution in [0.1, 0.15) is 52.4 Å². The Balaban J connectivity index is 1.78. The van der Waals surface area contributed by atoms with Crippen molar-refractivity contribution in [3.05, 3.63) is 23.5 Å². The largest absolute Gasteiger partial charge is 0.512 e. The Morgan fingerprint density at radius 1 is 1.18 bits per heavy atom. The highest BCUT2D eigenvalue weighted by Gasteiger charge is 2.57. The molecule has 1 unspecified atom stereocenters. The van der Waals surface area contributed by atoms with Crippen LogP contribution in [-0.4, -0.2) is 22.4 Å². The van der Waals surface area contributed by atoms with Crippen LogP contribution < -0.4 is 5.73 Å². The maximum Gasteiger partial charge on any atom is 0.0923 e. The summed E-state index contributed by atoms with van der Waals surface area (Å²) in [6, 6.07) is 0.271. The van der Waals surface area contributed by atoms with Gasteiger partial charge in [0.2, 0.25) is 0 Å². The molecule has 4 rings (SSSR count). The van der Waals surface area contributed by atoms with Crippen LogP contribution in [0.4, 0.5) is 0 Å². The Morgan fingerprint density at radius 2 is 1.95 bits per heavy atom. The number of aliphatic hydroxyl groups is 2. The average Bonchev–Trinajstić information content (AvgIpc) is 2.77. The van der Waals surface area contributed by atoms with E-state index < -0.39 is 0 Å². The lowest BCUT2D eigenvalue weighted by Gasteiger charge is -2.55. The van der Waals surface area contributed by atoms with E-state index in [9.17, 15) is 10.2 Å². The van der Waals surface area contributed by atoms with Gasteiger partial charge in [0.15, 0.2) is 0 Å². The molecule has 0 amide bonds. The zero-order chi connectivity index (χ0) is 15.7. The second-order valence-corrected chi connectivity index (χ2v) is 8.66. The lowest BCUT2D eigenvalue weighted by Crippen LogP contribution is -2.50. The quantitative estimate of drug-likeness (QED) is 0.602. The number of hydrogen-bond donors (Lipinski definition) is 3. The van der Waals surface area contributed by atoms with Crippen LogP contribution in [0.25, 0.3) is 0 Å². The predicted octanol–water partition coefficient (Wildman–Crippen LogP) is 3.30. The SMILES string of the molecule is C[C@]12CC[C@H]3C(=C(O)CC4C[C@@H](O)C=C[C@@]43C)[C@@H]1CC[C@@H]2N. The third-order valence-corrected chi connectivity index (χ3v) is 7.74. The van der Waals surface area contributed by atoms with Gasteiger partial charge in [-0.15, -0.1) is 0 Å². The first-order chi connectivity index (χ1) is 10.4. The monoisotopic (exact) mass is 303 g/mol. The summed E-state index contributed by atoms with van der Waals surface area (Å²) in [5.74, 6) is 1.87. The van der Waals surface area contributed by atoms with E-state index >= 15 is 0 Å². The first-order valence-electron chi connectivity index (χ1n) is 8.91. The van der Waals surface area contributed by atoms with Crippen LogP contribution >= 0.6 is 0 Å². The van der Waals surface area contributed by atoms with Crippen molar-refractivity contribution in [3.63, 3.8) is 0 Å². The van der Waals surface area contributed by atoms with E-state index in [2.05, 4.69) is 19.9 Å². The van der Waals surface area contributed by atoms with Crippen LogP contribution in [-0.2, 0) is 0 Å². The number of allylic oxidation sites excluding steroid dienone is 3. The van der Waals surface area contributed by atoms with Crippen LogP contribution in [0.3, 0.4) is 0 Å². The highest BCUT2D eigenvalue weighted by Crippen LogP contribution is 2.64.